The molecular formula is C13H19ClN2. The Morgan fingerprint density at radius 3 is 2.44 bits per heavy atom. The summed E-state index contributed by atoms with van der Waals surface area (Å²) in [5.74, 6) is 1.59. The van der Waals surface area contributed by atoms with E-state index in [0.29, 0.717) is 16.8 Å². The van der Waals surface area contributed by atoms with Crippen LogP contribution < -0.4 is 11.1 Å². The largest absolute Gasteiger partial charge is 0.399 e. The van der Waals surface area contributed by atoms with E-state index in [0.717, 1.165) is 17.5 Å². The maximum absolute atomic E-state index is 6.14. The van der Waals surface area contributed by atoms with E-state index in [1.807, 2.05) is 12.1 Å². The molecule has 2 rings (SSSR count). The van der Waals surface area contributed by atoms with E-state index in [-0.39, 0.29) is 0 Å². The highest BCUT2D eigenvalue weighted by Crippen LogP contribution is 2.34. The molecule has 0 aliphatic heterocycles. The fourth-order valence-corrected chi connectivity index (χ4v) is 2.69. The molecule has 1 aliphatic carbocycles. The summed E-state index contributed by atoms with van der Waals surface area (Å²) in [5, 5.41) is 4.22. The van der Waals surface area contributed by atoms with Gasteiger partial charge in [-0.1, -0.05) is 25.4 Å². The molecule has 0 radical (unpaired) electrons. The number of hydrogen-bond acceptors (Lipinski definition) is 2. The first-order valence-electron chi connectivity index (χ1n) is 5.88. The fraction of sp³-hybridized carbons (Fsp3) is 0.538. The number of nitrogens with one attached hydrogen (secondary N) is 1. The second kappa shape index (κ2) is 4.54. The summed E-state index contributed by atoms with van der Waals surface area (Å²) in [6.07, 6.45) is 2.45. The predicted molar refractivity (Wildman–Crippen MR) is 70.8 cm³/mol. The third kappa shape index (κ3) is 2.43. The third-order valence-electron chi connectivity index (χ3n) is 3.64. The van der Waals surface area contributed by atoms with E-state index in [2.05, 4.69) is 19.2 Å². The summed E-state index contributed by atoms with van der Waals surface area (Å²) in [6, 6.07) is 6.19. The van der Waals surface area contributed by atoms with Gasteiger partial charge in [0.2, 0.25) is 0 Å². The molecule has 0 heterocycles. The highest BCUT2D eigenvalue weighted by Gasteiger charge is 2.28. The summed E-state index contributed by atoms with van der Waals surface area (Å²) < 4.78 is 0. The minimum absolute atomic E-state index is 0.547. The van der Waals surface area contributed by atoms with E-state index in [1.165, 1.54) is 12.8 Å². The van der Waals surface area contributed by atoms with Gasteiger partial charge in [-0.3, -0.25) is 0 Å². The van der Waals surface area contributed by atoms with Crippen LogP contribution in [0.1, 0.15) is 26.7 Å². The Hall–Kier alpha value is -0.890. The Bertz CT molecular complexity index is 368. The lowest BCUT2D eigenvalue weighted by Gasteiger charge is -2.15. The number of nitrogens with two attached hydrogens (primary N) is 1. The molecule has 0 saturated heterocycles. The van der Waals surface area contributed by atoms with E-state index in [9.17, 15) is 0 Å². The van der Waals surface area contributed by atoms with Crippen LogP contribution in [-0.2, 0) is 0 Å². The summed E-state index contributed by atoms with van der Waals surface area (Å²) in [5.41, 5.74) is 7.38. The van der Waals surface area contributed by atoms with Crippen LogP contribution in [0.25, 0.3) is 0 Å². The Morgan fingerprint density at radius 1 is 1.25 bits per heavy atom. The van der Waals surface area contributed by atoms with Crippen LogP contribution in [0.3, 0.4) is 0 Å². The molecule has 1 aliphatic rings. The van der Waals surface area contributed by atoms with Crippen molar-refractivity contribution in [2.24, 2.45) is 11.8 Å². The minimum Gasteiger partial charge on any atom is -0.399 e. The van der Waals surface area contributed by atoms with E-state index in [1.54, 1.807) is 6.07 Å². The number of benzene rings is 1. The molecule has 0 amide bonds. The van der Waals surface area contributed by atoms with Crippen LogP contribution >= 0.6 is 11.6 Å². The molecule has 0 spiro atoms. The fourth-order valence-electron chi connectivity index (χ4n) is 2.44. The molecule has 2 nitrogen and oxygen atoms in total. The van der Waals surface area contributed by atoms with E-state index in [4.69, 9.17) is 17.3 Å². The number of anilines is 2. The van der Waals surface area contributed by atoms with Gasteiger partial charge >= 0.3 is 0 Å². The molecule has 1 aromatic rings. The van der Waals surface area contributed by atoms with Gasteiger partial charge in [-0.15, -0.1) is 0 Å². The van der Waals surface area contributed by atoms with Gasteiger partial charge in [0.15, 0.2) is 0 Å². The van der Waals surface area contributed by atoms with Crippen molar-refractivity contribution in [2.75, 3.05) is 11.1 Å². The van der Waals surface area contributed by atoms with E-state index < -0.39 is 0 Å². The Balaban J connectivity index is 2.05. The first kappa shape index (κ1) is 11.6. The maximum Gasteiger partial charge on any atom is 0.0658 e. The van der Waals surface area contributed by atoms with Gasteiger partial charge in [0.05, 0.1) is 10.7 Å². The van der Waals surface area contributed by atoms with Crippen molar-refractivity contribution in [2.45, 2.75) is 32.7 Å². The topological polar surface area (TPSA) is 38.0 Å². The molecule has 2 atom stereocenters. The minimum atomic E-state index is 0.547. The maximum atomic E-state index is 6.14. The van der Waals surface area contributed by atoms with Crippen molar-refractivity contribution in [3.05, 3.63) is 23.2 Å². The Labute approximate surface area is 102 Å². The van der Waals surface area contributed by atoms with Crippen molar-refractivity contribution < 1.29 is 0 Å². The van der Waals surface area contributed by atoms with Gasteiger partial charge in [-0.2, -0.15) is 0 Å². The van der Waals surface area contributed by atoms with Gasteiger partial charge in [-0.05, 0) is 42.9 Å². The Kier molecular flexibility index (Phi) is 3.29. The standard InChI is InChI=1S/C13H19ClN2/c1-8-5-11(6-9(8)2)16-13-4-3-10(15)7-12(13)14/h3-4,7-9,11,16H,5-6,15H2,1-2H3/t8-,9-/m1/s1. The summed E-state index contributed by atoms with van der Waals surface area (Å²) in [4.78, 5) is 0. The molecular weight excluding hydrogens is 220 g/mol. The van der Waals surface area contributed by atoms with Crippen LogP contribution in [0.2, 0.25) is 5.02 Å². The predicted octanol–water partition coefficient (Wildman–Crippen LogP) is 3.77. The van der Waals surface area contributed by atoms with Crippen LogP contribution in [-0.4, -0.2) is 6.04 Å². The molecule has 16 heavy (non-hydrogen) atoms. The zero-order valence-electron chi connectivity index (χ0n) is 9.83. The first-order valence-corrected chi connectivity index (χ1v) is 6.25. The van der Waals surface area contributed by atoms with Crippen LogP contribution in [0.15, 0.2) is 18.2 Å². The second-order valence-electron chi connectivity index (χ2n) is 5.01. The van der Waals surface area contributed by atoms with Gasteiger partial charge in [-0.25, -0.2) is 0 Å². The SMILES string of the molecule is C[C@@H]1CC(Nc2ccc(N)cc2Cl)C[C@H]1C. The summed E-state index contributed by atoms with van der Waals surface area (Å²) in [6.45, 7) is 4.63. The molecule has 1 saturated carbocycles. The number of hydrogen-bond donors (Lipinski definition) is 2. The van der Waals surface area contributed by atoms with Crippen molar-refractivity contribution in [3.8, 4) is 0 Å². The second-order valence-corrected chi connectivity index (χ2v) is 5.41. The normalized spacial score (nSPS) is 25.9. The van der Waals surface area contributed by atoms with Crippen molar-refractivity contribution in [3.63, 3.8) is 0 Å². The highest BCUT2D eigenvalue weighted by atomic mass is 35.5. The highest BCUT2D eigenvalue weighted by molar-refractivity contribution is 6.33. The molecule has 3 N–H and O–H groups in total. The van der Waals surface area contributed by atoms with Crippen molar-refractivity contribution in [1.82, 2.24) is 0 Å². The lowest BCUT2D eigenvalue weighted by atomic mass is 10.0. The number of halogens is 1. The number of nitrogen functional groups attached to an aromatic ring is 1. The zero-order valence-corrected chi connectivity index (χ0v) is 10.6. The third-order valence-corrected chi connectivity index (χ3v) is 3.95. The first-order chi connectivity index (χ1) is 7.56. The molecule has 0 aromatic heterocycles. The van der Waals surface area contributed by atoms with Crippen molar-refractivity contribution >= 4 is 23.0 Å². The molecule has 1 fully saturated rings. The lowest BCUT2D eigenvalue weighted by Crippen LogP contribution is -2.15. The van der Waals surface area contributed by atoms with E-state index >= 15 is 0 Å². The van der Waals surface area contributed by atoms with Gasteiger partial charge < -0.3 is 11.1 Å². The molecule has 3 heteroatoms. The molecule has 88 valence electrons. The van der Waals surface area contributed by atoms with Gasteiger partial charge in [0.25, 0.3) is 0 Å². The van der Waals surface area contributed by atoms with Gasteiger partial charge in [0.1, 0.15) is 0 Å². The smallest absolute Gasteiger partial charge is 0.0658 e. The molecule has 1 aromatic carbocycles. The average molecular weight is 239 g/mol. The Morgan fingerprint density at radius 2 is 1.88 bits per heavy atom. The summed E-state index contributed by atoms with van der Waals surface area (Å²) >= 11 is 6.14. The van der Waals surface area contributed by atoms with Crippen molar-refractivity contribution in [1.29, 1.82) is 0 Å². The van der Waals surface area contributed by atoms with Crippen LogP contribution in [0.4, 0.5) is 11.4 Å². The monoisotopic (exact) mass is 238 g/mol. The lowest BCUT2D eigenvalue weighted by molar-refractivity contribution is 0.457. The summed E-state index contributed by atoms with van der Waals surface area (Å²) in [7, 11) is 0. The average Bonchev–Trinajstić information content (AvgIpc) is 2.51. The van der Waals surface area contributed by atoms with Gasteiger partial charge in [0, 0.05) is 11.7 Å². The molecule has 0 unspecified atom stereocenters. The van der Waals surface area contributed by atoms with Crippen LogP contribution in [0, 0.1) is 11.8 Å². The molecule has 0 bridgehead atoms. The quantitative estimate of drug-likeness (QED) is 0.770. The number of rotatable bonds is 2. The zero-order chi connectivity index (χ0) is 11.7. The van der Waals surface area contributed by atoms with Crippen LogP contribution in [0.5, 0.6) is 0 Å².